The molecule has 1 saturated heterocycles. The second-order valence-electron chi connectivity index (χ2n) is 7.07. The number of rotatable bonds is 6. The van der Waals surface area contributed by atoms with Gasteiger partial charge in [-0.05, 0) is 49.4 Å². The van der Waals surface area contributed by atoms with E-state index in [2.05, 4.69) is 5.32 Å². The van der Waals surface area contributed by atoms with Gasteiger partial charge < -0.3 is 19.7 Å². The molecule has 10 heteroatoms. The highest BCUT2D eigenvalue weighted by Gasteiger charge is 2.36. The molecule has 1 aliphatic heterocycles. The Morgan fingerprint density at radius 1 is 1.25 bits per heavy atom. The molecule has 0 aromatic heterocycles. The quantitative estimate of drug-likeness (QED) is 0.722. The average molecular weight is 444 g/mol. The van der Waals surface area contributed by atoms with E-state index in [9.17, 15) is 18.0 Å². The number of halogens is 3. The molecular weight excluding hydrogens is 425 g/mol. The number of carbonyl (C=O) groups is 1. The van der Waals surface area contributed by atoms with E-state index in [1.165, 1.54) is 6.07 Å². The lowest BCUT2D eigenvalue weighted by Crippen LogP contribution is -2.28. The van der Waals surface area contributed by atoms with E-state index in [4.69, 9.17) is 20.0 Å². The lowest BCUT2D eigenvalue weighted by atomic mass is 10.1. The molecule has 2 atom stereocenters. The van der Waals surface area contributed by atoms with Gasteiger partial charge in [-0.15, -0.1) is 0 Å². The number of amides is 1. The van der Waals surface area contributed by atoms with Crippen molar-refractivity contribution in [1.82, 2.24) is 0 Å². The summed E-state index contributed by atoms with van der Waals surface area (Å²) in [5.41, 5.74) is -0.577. The predicted molar refractivity (Wildman–Crippen MR) is 109 cm³/mol. The van der Waals surface area contributed by atoms with Crippen LogP contribution >= 0.6 is 0 Å². The molecular formula is C22H19F3N4O3. The van der Waals surface area contributed by atoms with Crippen LogP contribution in [0.2, 0.25) is 0 Å². The first-order valence-electron chi connectivity index (χ1n) is 9.64. The number of ether oxygens (including phenoxy) is 2. The summed E-state index contributed by atoms with van der Waals surface area (Å²) in [6, 6.07) is 13.5. The third-order valence-corrected chi connectivity index (χ3v) is 4.80. The van der Waals surface area contributed by atoms with Gasteiger partial charge in [-0.25, -0.2) is 0 Å². The van der Waals surface area contributed by atoms with Gasteiger partial charge in [0, 0.05) is 11.4 Å². The highest BCUT2D eigenvalue weighted by molar-refractivity contribution is 5.92. The summed E-state index contributed by atoms with van der Waals surface area (Å²) in [7, 11) is 0. The Balaban J connectivity index is 1.61. The molecule has 0 aliphatic carbocycles. The first-order chi connectivity index (χ1) is 15.2. The molecule has 2 aromatic rings. The van der Waals surface area contributed by atoms with Crippen LogP contribution in [0.3, 0.4) is 0 Å². The maximum absolute atomic E-state index is 13.3. The van der Waals surface area contributed by atoms with Crippen LogP contribution < -0.4 is 15.0 Å². The first-order valence-corrected chi connectivity index (χ1v) is 9.64. The lowest BCUT2D eigenvalue weighted by molar-refractivity contribution is -0.137. The Hall–Kier alpha value is -3.76. The molecule has 3 rings (SSSR count). The van der Waals surface area contributed by atoms with Crippen molar-refractivity contribution in [2.24, 2.45) is 0 Å². The van der Waals surface area contributed by atoms with Crippen LogP contribution in [0.15, 0.2) is 42.5 Å². The van der Waals surface area contributed by atoms with Crippen LogP contribution in [0.4, 0.5) is 24.5 Å². The average Bonchev–Trinajstić information content (AvgIpc) is 3.13. The van der Waals surface area contributed by atoms with Gasteiger partial charge in [0.2, 0.25) is 5.91 Å². The van der Waals surface area contributed by atoms with Crippen molar-refractivity contribution in [3.05, 3.63) is 53.6 Å². The predicted octanol–water partition coefficient (Wildman–Crippen LogP) is 4.06. The normalized spacial score (nSPS) is 18.0. The summed E-state index contributed by atoms with van der Waals surface area (Å²) < 4.78 is 51.3. The van der Waals surface area contributed by atoms with Gasteiger partial charge in [-0.3, -0.25) is 4.79 Å². The van der Waals surface area contributed by atoms with Crippen LogP contribution in [0.1, 0.15) is 24.5 Å². The fourth-order valence-corrected chi connectivity index (χ4v) is 3.31. The maximum Gasteiger partial charge on any atom is 0.417 e. The molecule has 0 bridgehead atoms. The molecule has 1 amide bonds. The lowest BCUT2D eigenvalue weighted by Gasteiger charge is -2.23. The number of nitriles is 2. The summed E-state index contributed by atoms with van der Waals surface area (Å²) >= 11 is 0. The number of hydrogen-bond donors (Lipinski definition) is 1. The Kier molecular flexibility index (Phi) is 6.86. The van der Waals surface area contributed by atoms with Crippen LogP contribution in [0, 0.1) is 22.7 Å². The summed E-state index contributed by atoms with van der Waals surface area (Å²) in [6.07, 6.45) is -5.73. The van der Waals surface area contributed by atoms with Crippen LogP contribution in [0.25, 0.3) is 0 Å². The first kappa shape index (κ1) is 22.9. The molecule has 7 nitrogen and oxygen atoms in total. The van der Waals surface area contributed by atoms with Crippen LogP contribution in [0.5, 0.6) is 5.75 Å². The fraction of sp³-hybridized carbons (Fsp3) is 0.318. The minimum absolute atomic E-state index is 0.170. The molecule has 1 N–H and O–H groups in total. The van der Waals surface area contributed by atoms with Gasteiger partial charge in [0.25, 0.3) is 0 Å². The Labute approximate surface area is 182 Å². The van der Waals surface area contributed by atoms with E-state index < -0.39 is 29.4 Å². The standard InChI is InChI=1S/C22H19F3N4O3/c1-14-29(17-5-2-15(11-27)20(10-17)22(23,24)25)12-19(32-14)13-31-18-6-3-16(4-7-18)28-21(30)8-9-26/h2-7,10,14,19H,8,12-13H2,1H3,(H,28,30)/t14-,19+/m1/s1. The smallest absolute Gasteiger partial charge is 0.417 e. The van der Waals surface area contributed by atoms with Gasteiger partial charge in [0.1, 0.15) is 31.1 Å². The summed E-state index contributed by atoms with van der Waals surface area (Å²) in [6.45, 7) is 2.21. The molecule has 0 saturated carbocycles. The molecule has 2 aromatic carbocycles. The monoisotopic (exact) mass is 444 g/mol. The minimum Gasteiger partial charge on any atom is -0.491 e. The van der Waals surface area contributed by atoms with Gasteiger partial charge in [0.15, 0.2) is 0 Å². The van der Waals surface area contributed by atoms with Crippen molar-refractivity contribution in [2.75, 3.05) is 23.4 Å². The highest BCUT2D eigenvalue weighted by atomic mass is 19.4. The van der Waals surface area contributed by atoms with E-state index in [0.29, 0.717) is 23.7 Å². The second kappa shape index (κ2) is 9.58. The number of nitrogens with one attached hydrogen (secondary N) is 1. The van der Waals surface area contributed by atoms with Gasteiger partial charge in [-0.1, -0.05) is 0 Å². The number of hydrogen-bond acceptors (Lipinski definition) is 6. The van der Waals surface area contributed by atoms with E-state index in [0.717, 1.165) is 12.1 Å². The van der Waals surface area contributed by atoms with E-state index >= 15 is 0 Å². The van der Waals surface area contributed by atoms with Gasteiger partial charge in [0.05, 0.1) is 29.8 Å². The number of anilines is 2. The highest BCUT2D eigenvalue weighted by Crippen LogP contribution is 2.36. The van der Waals surface area contributed by atoms with E-state index in [1.807, 2.05) is 0 Å². The molecule has 1 aliphatic rings. The van der Waals surface area contributed by atoms with Crippen molar-refractivity contribution < 1.29 is 27.4 Å². The molecule has 32 heavy (non-hydrogen) atoms. The topological polar surface area (TPSA) is 98.4 Å². The SMILES string of the molecule is C[C@H]1O[C@H](COc2ccc(NC(=O)CC#N)cc2)CN1c1ccc(C#N)c(C(F)(F)F)c1. The Bertz CT molecular complexity index is 1060. The van der Waals surface area contributed by atoms with E-state index in [1.54, 1.807) is 48.2 Å². The van der Waals surface area contributed by atoms with Crippen molar-refractivity contribution in [3.63, 3.8) is 0 Å². The number of nitrogens with zero attached hydrogens (tertiary/aromatic N) is 3. The summed E-state index contributed by atoms with van der Waals surface area (Å²) in [5.74, 6) is 0.113. The van der Waals surface area contributed by atoms with Crippen molar-refractivity contribution in [1.29, 1.82) is 10.5 Å². The van der Waals surface area contributed by atoms with Crippen molar-refractivity contribution in [2.45, 2.75) is 31.9 Å². The largest absolute Gasteiger partial charge is 0.491 e. The third kappa shape index (κ3) is 5.48. The zero-order valence-electron chi connectivity index (χ0n) is 17.0. The molecule has 0 radical (unpaired) electrons. The Morgan fingerprint density at radius 2 is 1.97 bits per heavy atom. The third-order valence-electron chi connectivity index (χ3n) is 4.80. The summed E-state index contributed by atoms with van der Waals surface area (Å²) in [4.78, 5) is 13.1. The van der Waals surface area contributed by atoms with Crippen molar-refractivity contribution in [3.8, 4) is 17.9 Å². The molecule has 1 fully saturated rings. The van der Waals surface area contributed by atoms with Crippen molar-refractivity contribution >= 4 is 17.3 Å². The van der Waals surface area contributed by atoms with Crippen LogP contribution in [-0.4, -0.2) is 31.4 Å². The molecule has 166 valence electrons. The zero-order chi connectivity index (χ0) is 23.3. The Morgan fingerprint density at radius 3 is 2.59 bits per heavy atom. The molecule has 0 spiro atoms. The fourth-order valence-electron chi connectivity index (χ4n) is 3.31. The molecule has 0 unspecified atom stereocenters. The minimum atomic E-state index is -4.63. The zero-order valence-corrected chi connectivity index (χ0v) is 17.0. The number of carbonyl (C=O) groups excluding carboxylic acids is 1. The second-order valence-corrected chi connectivity index (χ2v) is 7.07. The number of alkyl halides is 3. The van der Waals surface area contributed by atoms with Gasteiger partial charge >= 0.3 is 6.18 Å². The summed E-state index contributed by atoms with van der Waals surface area (Å²) in [5, 5.41) is 20.0. The van der Waals surface area contributed by atoms with Crippen LogP contribution in [-0.2, 0) is 15.7 Å². The van der Waals surface area contributed by atoms with Gasteiger partial charge in [-0.2, -0.15) is 23.7 Å². The molecule has 1 heterocycles. The number of benzene rings is 2. The maximum atomic E-state index is 13.3. The van der Waals surface area contributed by atoms with E-state index in [-0.39, 0.29) is 19.1 Å².